The molecule has 1 aromatic carbocycles. The fourth-order valence-corrected chi connectivity index (χ4v) is 1.35. The van der Waals surface area contributed by atoms with Gasteiger partial charge < -0.3 is 5.32 Å². The Morgan fingerprint density at radius 3 is 2.42 bits per heavy atom. The number of allylic oxidation sites excluding steroid dienone is 1. The Labute approximate surface area is 108 Å². The van der Waals surface area contributed by atoms with Crippen molar-refractivity contribution in [2.75, 3.05) is 7.05 Å². The number of halogens is 3. The highest BCUT2D eigenvalue weighted by molar-refractivity contribution is 6.04. The van der Waals surface area contributed by atoms with Crippen molar-refractivity contribution in [1.29, 1.82) is 0 Å². The molecule has 19 heavy (non-hydrogen) atoms. The van der Waals surface area contributed by atoms with Crippen molar-refractivity contribution in [2.24, 2.45) is 4.99 Å². The summed E-state index contributed by atoms with van der Waals surface area (Å²) in [4.78, 5) is 15.4. The van der Waals surface area contributed by atoms with E-state index < -0.39 is 17.7 Å². The predicted molar refractivity (Wildman–Crippen MR) is 67.8 cm³/mol. The van der Waals surface area contributed by atoms with Crippen molar-refractivity contribution in [1.82, 2.24) is 5.32 Å². The summed E-state index contributed by atoms with van der Waals surface area (Å²) < 4.78 is 37.4. The maximum absolute atomic E-state index is 12.5. The molecule has 0 unspecified atom stereocenters. The number of para-hydroxylation sites is 1. The second-order valence-electron chi connectivity index (χ2n) is 3.77. The highest BCUT2D eigenvalue weighted by atomic mass is 19.4. The van der Waals surface area contributed by atoms with Crippen molar-refractivity contribution in [3.8, 4) is 0 Å². The summed E-state index contributed by atoms with van der Waals surface area (Å²) in [6.07, 6.45) is -4.53. The molecule has 1 rings (SSSR count). The van der Waals surface area contributed by atoms with E-state index in [0.717, 1.165) is 0 Å². The predicted octanol–water partition coefficient (Wildman–Crippen LogP) is 3.26. The molecule has 1 N–H and O–H groups in total. The summed E-state index contributed by atoms with van der Waals surface area (Å²) >= 11 is 0. The van der Waals surface area contributed by atoms with E-state index in [2.05, 4.69) is 16.9 Å². The maximum Gasteiger partial charge on any atom is 0.417 e. The lowest BCUT2D eigenvalue weighted by Gasteiger charge is -2.10. The van der Waals surface area contributed by atoms with Crippen LogP contribution < -0.4 is 5.32 Å². The monoisotopic (exact) mass is 270 g/mol. The highest BCUT2D eigenvalue weighted by Crippen LogP contribution is 2.27. The molecule has 0 radical (unpaired) electrons. The van der Waals surface area contributed by atoms with Gasteiger partial charge in [0.1, 0.15) is 0 Å². The summed E-state index contributed by atoms with van der Waals surface area (Å²) in [5, 5.41) is 2.40. The van der Waals surface area contributed by atoms with Crippen molar-refractivity contribution in [3.63, 3.8) is 0 Å². The first kappa shape index (κ1) is 14.9. The number of aliphatic imine (C=N–C) groups is 1. The molecule has 0 aromatic heterocycles. The summed E-state index contributed by atoms with van der Waals surface area (Å²) in [5.74, 6) is -0.412. The minimum absolute atomic E-state index is 0.171. The molecule has 1 aromatic rings. The van der Waals surface area contributed by atoms with Gasteiger partial charge in [-0.15, -0.1) is 0 Å². The van der Waals surface area contributed by atoms with Crippen LogP contribution in [0.25, 0.3) is 0 Å². The highest BCUT2D eigenvalue weighted by Gasteiger charge is 2.33. The molecule has 0 saturated heterocycles. The van der Waals surface area contributed by atoms with Crippen molar-refractivity contribution in [2.45, 2.75) is 13.1 Å². The Morgan fingerprint density at radius 2 is 1.89 bits per heavy atom. The van der Waals surface area contributed by atoms with E-state index >= 15 is 0 Å². The number of hydrogen-bond acceptors (Lipinski definition) is 2. The first-order valence-corrected chi connectivity index (χ1v) is 5.40. The first-order chi connectivity index (χ1) is 8.77. The number of carbonyl (C=O) groups excluding carboxylic acids is 1. The number of benzene rings is 1. The first-order valence-electron chi connectivity index (χ1n) is 5.40. The zero-order chi connectivity index (χ0) is 14.6. The molecule has 0 bridgehead atoms. The van der Waals surface area contributed by atoms with Gasteiger partial charge in [-0.2, -0.15) is 13.2 Å². The van der Waals surface area contributed by atoms with Crippen LogP contribution in [0.4, 0.5) is 18.9 Å². The average Bonchev–Trinajstić information content (AvgIpc) is 2.36. The lowest BCUT2D eigenvalue weighted by Crippen LogP contribution is -2.19. The second-order valence-corrected chi connectivity index (χ2v) is 3.77. The molecular formula is C13H13F3N2O. The van der Waals surface area contributed by atoms with E-state index in [1.807, 2.05) is 0 Å². The number of rotatable bonds is 3. The van der Waals surface area contributed by atoms with Gasteiger partial charge in [-0.3, -0.25) is 9.79 Å². The summed E-state index contributed by atoms with van der Waals surface area (Å²) in [5.41, 5.74) is -0.924. The third-order valence-electron chi connectivity index (χ3n) is 2.44. The fraction of sp³-hybridized carbons (Fsp3) is 0.231. The third kappa shape index (κ3) is 3.67. The molecule has 6 heteroatoms. The maximum atomic E-state index is 12.5. The fourth-order valence-electron chi connectivity index (χ4n) is 1.35. The molecule has 0 aliphatic heterocycles. The minimum atomic E-state index is -4.53. The number of carbonyl (C=O) groups is 1. The van der Waals surface area contributed by atoms with Gasteiger partial charge in [-0.05, 0) is 19.1 Å². The molecule has 0 heterocycles. The SMILES string of the molecule is C=C(C(C)=Nc1ccccc1C(=O)NC)C(F)(F)F. The molecule has 3 nitrogen and oxygen atoms in total. The summed E-state index contributed by atoms with van der Waals surface area (Å²) in [7, 11) is 1.43. The van der Waals surface area contributed by atoms with E-state index in [0.29, 0.717) is 0 Å². The average molecular weight is 270 g/mol. The molecule has 0 spiro atoms. The zero-order valence-electron chi connectivity index (χ0n) is 10.5. The Bertz CT molecular complexity index is 533. The second kappa shape index (κ2) is 5.69. The van der Waals surface area contributed by atoms with Crippen LogP contribution in [0.5, 0.6) is 0 Å². The van der Waals surface area contributed by atoms with Gasteiger partial charge in [0, 0.05) is 12.8 Å². The quantitative estimate of drug-likeness (QED) is 0.841. The van der Waals surface area contributed by atoms with Crippen LogP contribution in [-0.2, 0) is 0 Å². The van der Waals surface area contributed by atoms with Crippen molar-refractivity contribution < 1.29 is 18.0 Å². The molecule has 102 valence electrons. The molecule has 0 aliphatic carbocycles. The van der Waals surface area contributed by atoms with Crippen LogP contribution >= 0.6 is 0 Å². The van der Waals surface area contributed by atoms with Gasteiger partial charge in [0.25, 0.3) is 5.91 Å². The molecule has 1 amide bonds. The Morgan fingerprint density at radius 1 is 1.32 bits per heavy atom. The number of hydrogen-bond donors (Lipinski definition) is 1. The number of amides is 1. The van der Waals surface area contributed by atoms with E-state index in [-0.39, 0.29) is 17.0 Å². The minimum Gasteiger partial charge on any atom is -0.355 e. The number of nitrogens with one attached hydrogen (secondary N) is 1. The smallest absolute Gasteiger partial charge is 0.355 e. The Hall–Kier alpha value is -2.11. The van der Waals surface area contributed by atoms with Gasteiger partial charge in [0.05, 0.1) is 16.8 Å². The largest absolute Gasteiger partial charge is 0.417 e. The van der Waals surface area contributed by atoms with E-state index in [1.54, 1.807) is 12.1 Å². The molecular weight excluding hydrogens is 257 g/mol. The number of nitrogens with zero attached hydrogens (tertiary/aromatic N) is 1. The standard InChI is InChI=1S/C13H13F3N2O/c1-8(13(14,15)16)9(2)18-11-7-5-4-6-10(11)12(19)17-3/h4-7H,1H2,2-3H3,(H,17,19). The van der Waals surface area contributed by atoms with E-state index in [9.17, 15) is 18.0 Å². The van der Waals surface area contributed by atoms with Gasteiger partial charge in [-0.25, -0.2) is 0 Å². The molecule has 0 atom stereocenters. The van der Waals surface area contributed by atoms with Crippen LogP contribution in [0.3, 0.4) is 0 Å². The lowest BCUT2D eigenvalue weighted by molar-refractivity contribution is -0.0857. The Balaban J connectivity index is 3.19. The topological polar surface area (TPSA) is 41.5 Å². The van der Waals surface area contributed by atoms with Crippen LogP contribution in [0.15, 0.2) is 41.4 Å². The van der Waals surface area contributed by atoms with Crippen molar-refractivity contribution >= 4 is 17.3 Å². The van der Waals surface area contributed by atoms with Crippen molar-refractivity contribution in [3.05, 3.63) is 42.0 Å². The summed E-state index contributed by atoms with van der Waals surface area (Å²) in [6, 6.07) is 6.16. The van der Waals surface area contributed by atoms with Gasteiger partial charge in [0.2, 0.25) is 0 Å². The van der Waals surface area contributed by atoms with Gasteiger partial charge in [0.15, 0.2) is 0 Å². The van der Waals surface area contributed by atoms with Crippen LogP contribution in [0.2, 0.25) is 0 Å². The molecule has 0 aliphatic rings. The van der Waals surface area contributed by atoms with E-state index in [4.69, 9.17) is 0 Å². The van der Waals surface area contributed by atoms with Crippen LogP contribution in [-0.4, -0.2) is 24.8 Å². The molecule has 0 fully saturated rings. The van der Waals surface area contributed by atoms with Crippen LogP contribution in [0, 0.1) is 0 Å². The number of alkyl halides is 3. The zero-order valence-corrected chi connectivity index (χ0v) is 10.5. The Kier molecular flexibility index (Phi) is 4.47. The van der Waals surface area contributed by atoms with E-state index in [1.165, 1.54) is 26.1 Å². The molecule has 0 saturated carbocycles. The van der Waals surface area contributed by atoms with Crippen LogP contribution in [0.1, 0.15) is 17.3 Å². The van der Waals surface area contributed by atoms with Gasteiger partial charge >= 0.3 is 6.18 Å². The van der Waals surface area contributed by atoms with Gasteiger partial charge in [-0.1, -0.05) is 18.7 Å². The summed E-state index contributed by atoms with van der Waals surface area (Å²) in [6.45, 7) is 4.17. The third-order valence-corrected chi connectivity index (χ3v) is 2.44. The lowest BCUT2D eigenvalue weighted by atomic mass is 10.1. The normalized spacial score (nSPS) is 12.2.